The molecule has 1 atom stereocenters. The van der Waals surface area contributed by atoms with Gasteiger partial charge in [-0.15, -0.1) is 0 Å². The van der Waals surface area contributed by atoms with Crippen molar-refractivity contribution in [1.82, 2.24) is 0 Å². The Bertz CT molecular complexity index is 560. The highest BCUT2D eigenvalue weighted by Gasteiger charge is 2.27. The van der Waals surface area contributed by atoms with Crippen LogP contribution in [0.4, 0.5) is 5.69 Å². The van der Waals surface area contributed by atoms with E-state index in [1.165, 1.54) is 0 Å². The molecule has 1 aliphatic rings. The third-order valence-corrected chi connectivity index (χ3v) is 3.56. The fraction of sp³-hybridized carbons (Fsp3) is 0.308. The van der Waals surface area contributed by atoms with Gasteiger partial charge in [-0.3, -0.25) is 9.59 Å². The lowest BCUT2D eigenvalue weighted by Gasteiger charge is -2.18. The molecule has 1 heterocycles. The van der Waals surface area contributed by atoms with Crippen molar-refractivity contribution < 1.29 is 14.3 Å². The van der Waals surface area contributed by atoms with E-state index in [4.69, 9.17) is 10.5 Å². The molecule has 0 saturated heterocycles. The van der Waals surface area contributed by atoms with Crippen LogP contribution in [0.25, 0.3) is 0 Å². The molecule has 106 valence electrons. The Hall–Kier alpha value is -2.02. The average molecular weight is 293 g/mol. The number of amides is 2. The summed E-state index contributed by atoms with van der Waals surface area (Å²) >= 11 is 1.10. The number of hydrogen-bond donors (Lipinski definition) is 2. The number of aliphatic imine (C=N–C) groups is 1. The van der Waals surface area contributed by atoms with E-state index < -0.39 is 5.25 Å². The molecule has 2 amide bonds. The first-order chi connectivity index (χ1) is 9.58. The molecule has 0 aliphatic carbocycles. The SMILES string of the molecule is CCOc1cccc(NC(=O)C2CC(=O)N=C(N)S2)c1. The number of carbonyl (C=O) groups is 2. The van der Waals surface area contributed by atoms with E-state index in [-0.39, 0.29) is 23.4 Å². The maximum Gasteiger partial charge on any atom is 0.249 e. The van der Waals surface area contributed by atoms with Crippen molar-refractivity contribution in [3.8, 4) is 5.75 Å². The molecular formula is C13H15N3O3S. The summed E-state index contributed by atoms with van der Waals surface area (Å²) in [6, 6.07) is 7.08. The third-order valence-electron chi connectivity index (χ3n) is 2.56. The van der Waals surface area contributed by atoms with Gasteiger partial charge in [-0.05, 0) is 19.1 Å². The Morgan fingerprint density at radius 2 is 2.40 bits per heavy atom. The van der Waals surface area contributed by atoms with Crippen LogP contribution in [0, 0.1) is 0 Å². The van der Waals surface area contributed by atoms with Gasteiger partial charge in [-0.25, -0.2) is 0 Å². The molecule has 2 rings (SSSR count). The number of nitrogens with one attached hydrogen (secondary N) is 1. The lowest BCUT2D eigenvalue weighted by molar-refractivity contribution is -0.121. The highest BCUT2D eigenvalue weighted by molar-refractivity contribution is 8.15. The van der Waals surface area contributed by atoms with Gasteiger partial charge in [-0.2, -0.15) is 4.99 Å². The Morgan fingerprint density at radius 3 is 3.10 bits per heavy atom. The molecule has 1 aliphatic heterocycles. The van der Waals surface area contributed by atoms with Crippen LogP contribution in [0.15, 0.2) is 29.3 Å². The van der Waals surface area contributed by atoms with Gasteiger partial charge >= 0.3 is 0 Å². The van der Waals surface area contributed by atoms with E-state index in [9.17, 15) is 9.59 Å². The van der Waals surface area contributed by atoms with Gasteiger partial charge in [-0.1, -0.05) is 17.8 Å². The Morgan fingerprint density at radius 1 is 1.60 bits per heavy atom. The second kappa shape index (κ2) is 6.42. The largest absolute Gasteiger partial charge is 0.494 e. The summed E-state index contributed by atoms with van der Waals surface area (Å²) in [6.45, 7) is 2.44. The maximum atomic E-state index is 12.1. The highest BCUT2D eigenvalue weighted by Crippen LogP contribution is 2.23. The van der Waals surface area contributed by atoms with Gasteiger partial charge in [0.05, 0.1) is 13.0 Å². The van der Waals surface area contributed by atoms with Gasteiger partial charge in [0.1, 0.15) is 11.0 Å². The summed E-state index contributed by atoms with van der Waals surface area (Å²) in [5, 5.41) is 2.33. The summed E-state index contributed by atoms with van der Waals surface area (Å²) in [6.07, 6.45) is 0.0579. The zero-order valence-corrected chi connectivity index (χ0v) is 11.8. The van der Waals surface area contributed by atoms with Crippen molar-refractivity contribution in [1.29, 1.82) is 0 Å². The van der Waals surface area contributed by atoms with Gasteiger partial charge in [0.25, 0.3) is 0 Å². The Kier molecular flexibility index (Phi) is 4.62. The molecule has 1 aromatic rings. The lowest BCUT2D eigenvalue weighted by Crippen LogP contribution is -2.33. The smallest absolute Gasteiger partial charge is 0.249 e. The van der Waals surface area contributed by atoms with Crippen LogP contribution in [0.1, 0.15) is 13.3 Å². The zero-order valence-electron chi connectivity index (χ0n) is 11.0. The summed E-state index contributed by atoms with van der Waals surface area (Å²) in [5.74, 6) is 0.0399. The minimum atomic E-state index is -0.546. The van der Waals surface area contributed by atoms with E-state index in [0.29, 0.717) is 18.0 Å². The number of anilines is 1. The number of rotatable bonds is 4. The minimum absolute atomic E-state index is 0.0579. The van der Waals surface area contributed by atoms with E-state index in [1.54, 1.807) is 18.2 Å². The van der Waals surface area contributed by atoms with Crippen LogP contribution in [0.5, 0.6) is 5.75 Å². The van der Waals surface area contributed by atoms with Crippen LogP contribution in [-0.2, 0) is 9.59 Å². The van der Waals surface area contributed by atoms with E-state index >= 15 is 0 Å². The number of amidine groups is 1. The number of thioether (sulfide) groups is 1. The highest BCUT2D eigenvalue weighted by atomic mass is 32.2. The molecule has 6 nitrogen and oxygen atoms in total. The van der Waals surface area contributed by atoms with Crippen molar-refractivity contribution >= 4 is 34.4 Å². The topological polar surface area (TPSA) is 93.8 Å². The monoisotopic (exact) mass is 293 g/mol. The standard InChI is InChI=1S/C13H15N3O3S/c1-2-19-9-5-3-4-8(6-9)15-12(18)10-7-11(17)16-13(14)20-10/h3-6,10H,2,7H2,1H3,(H,15,18)(H2,14,16,17). The van der Waals surface area contributed by atoms with Crippen molar-refractivity contribution in [3.05, 3.63) is 24.3 Å². The van der Waals surface area contributed by atoms with Crippen LogP contribution in [0.2, 0.25) is 0 Å². The number of hydrogen-bond acceptors (Lipinski definition) is 5. The first kappa shape index (κ1) is 14.4. The molecule has 20 heavy (non-hydrogen) atoms. The molecule has 0 aromatic heterocycles. The first-order valence-corrected chi connectivity index (χ1v) is 7.04. The van der Waals surface area contributed by atoms with Crippen LogP contribution in [-0.4, -0.2) is 28.8 Å². The Labute approximate surface area is 120 Å². The minimum Gasteiger partial charge on any atom is -0.494 e. The van der Waals surface area contributed by atoms with E-state index in [1.807, 2.05) is 13.0 Å². The zero-order chi connectivity index (χ0) is 14.5. The second-order valence-corrected chi connectivity index (χ2v) is 5.33. The molecule has 1 unspecified atom stereocenters. The van der Waals surface area contributed by atoms with E-state index in [0.717, 1.165) is 11.8 Å². The Balaban J connectivity index is 2.03. The molecule has 7 heteroatoms. The number of ether oxygens (including phenoxy) is 1. The molecule has 1 aromatic carbocycles. The predicted molar refractivity (Wildman–Crippen MR) is 78.9 cm³/mol. The van der Waals surface area contributed by atoms with Gasteiger partial charge in [0.2, 0.25) is 11.8 Å². The number of nitrogens with two attached hydrogens (primary N) is 1. The average Bonchev–Trinajstić information content (AvgIpc) is 2.38. The van der Waals surface area contributed by atoms with Crippen molar-refractivity contribution in [2.45, 2.75) is 18.6 Å². The normalized spacial score (nSPS) is 18.4. The van der Waals surface area contributed by atoms with E-state index in [2.05, 4.69) is 10.3 Å². The first-order valence-electron chi connectivity index (χ1n) is 6.16. The molecule has 3 N–H and O–H groups in total. The van der Waals surface area contributed by atoms with Crippen molar-refractivity contribution in [3.63, 3.8) is 0 Å². The maximum absolute atomic E-state index is 12.1. The molecule has 0 fully saturated rings. The summed E-state index contributed by atoms with van der Waals surface area (Å²) < 4.78 is 5.36. The molecule has 0 radical (unpaired) electrons. The van der Waals surface area contributed by atoms with Gasteiger partial charge in [0.15, 0.2) is 5.17 Å². The fourth-order valence-electron chi connectivity index (χ4n) is 1.74. The molecular weight excluding hydrogens is 278 g/mol. The van der Waals surface area contributed by atoms with Crippen LogP contribution < -0.4 is 15.8 Å². The molecule has 0 spiro atoms. The summed E-state index contributed by atoms with van der Waals surface area (Å²) in [5.41, 5.74) is 6.12. The van der Waals surface area contributed by atoms with Crippen LogP contribution >= 0.6 is 11.8 Å². The van der Waals surface area contributed by atoms with Crippen molar-refractivity contribution in [2.24, 2.45) is 10.7 Å². The summed E-state index contributed by atoms with van der Waals surface area (Å²) in [7, 11) is 0. The predicted octanol–water partition coefficient (Wildman–Crippen LogP) is 1.37. The van der Waals surface area contributed by atoms with Crippen molar-refractivity contribution in [2.75, 3.05) is 11.9 Å². The third kappa shape index (κ3) is 3.74. The summed E-state index contributed by atoms with van der Waals surface area (Å²) in [4.78, 5) is 27.0. The molecule has 0 saturated carbocycles. The van der Waals surface area contributed by atoms with Gasteiger partial charge in [0, 0.05) is 11.8 Å². The molecule has 0 bridgehead atoms. The van der Waals surface area contributed by atoms with Crippen LogP contribution in [0.3, 0.4) is 0 Å². The number of carbonyl (C=O) groups excluding carboxylic acids is 2. The number of benzene rings is 1. The van der Waals surface area contributed by atoms with Gasteiger partial charge < -0.3 is 15.8 Å². The number of nitrogens with zero attached hydrogens (tertiary/aromatic N) is 1. The quantitative estimate of drug-likeness (QED) is 0.874. The second-order valence-electron chi connectivity index (χ2n) is 4.10. The lowest BCUT2D eigenvalue weighted by atomic mass is 10.2. The fourth-order valence-corrected chi connectivity index (χ4v) is 2.58.